The van der Waals surface area contributed by atoms with Gasteiger partial charge in [-0.1, -0.05) is 0 Å². The first kappa shape index (κ1) is 9.42. The minimum absolute atomic E-state index is 0.627. The Bertz CT molecular complexity index is 190. The van der Waals surface area contributed by atoms with Crippen molar-refractivity contribution in [2.24, 2.45) is 0 Å². The Balaban J connectivity index is 2.34. The highest BCUT2D eigenvalue weighted by Gasteiger charge is 2.26. The van der Waals surface area contributed by atoms with E-state index >= 15 is 0 Å². The van der Waals surface area contributed by atoms with Gasteiger partial charge in [0.2, 0.25) is 0 Å². The van der Waals surface area contributed by atoms with Crippen LogP contribution >= 0.6 is 8.25 Å². The van der Waals surface area contributed by atoms with E-state index in [1.165, 1.54) is 4.90 Å². The zero-order valence-electron chi connectivity index (χ0n) is 6.60. The molecular formula is C6H11NO4P+. The second-order valence-corrected chi connectivity index (χ2v) is 3.30. The molecule has 1 aliphatic rings. The molecule has 1 atom stereocenters. The Kier molecular flexibility index (Phi) is 3.44. The van der Waals surface area contributed by atoms with Crippen LogP contribution in [0.1, 0.15) is 19.3 Å². The average Bonchev–Trinajstić information content (AvgIpc) is 2.05. The van der Waals surface area contributed by atoms with E-state index in [0.717, 1.165) is 19.3 Å². The Hall–Kier alpha value is -0.670. The van der Waals surface area contributed by atoms with Gasteiger partial charge in [-0.3, -0.25) is 0 Å². The van der Waals surface area contributed by atoms with Crippen LogP contribution in [0.15, 0.2) is 0 Å². The van der Waals surface area contributed by atoms with Crippen LogP contribution in [0.4, 0.5) is 4.79 Å². The van der Waals surface area contributed by atoms with Crippen LogP contribution in [0.3, 0.4) is 0 Å². The van der Waals surface area contributed by atoms with Gasteiger partial charge in [0.05, 0.1) is 0 Å². The van der Waals surface area contributed by atoms with E-state index in [4.69, 9.17) is 4.89 Å². The summed E-state index contributed by atoms with van der Waals surface area (Å²) in [6.07, 6.45) is 2.31. The molecule has 0 saturated carbocycles. The minimum atomic E-state index is -2.81. The summed E-state index contributed by atoms with van der Waals surface area (Å²) in [6.45, 7) is 1.25. The summed E-state index contributed by atoms with van der Waals surface area (Å²) in [5.41, 5.74) is 0. The second kappa shape index (κ2) is 4.38. The van der Waals surface area contributed by atoms with E-state index in [0.29, 0.717) is 13.1 Å². The highest BCUT2D eigenvalue weighted by molar-refractivity contribution is 7.32. The first-order valence-corrected chi connectivity index (χ1v) is 4.96. The van der Waals surface area contributed by atoms with Crippen molar-refractivity contribution >= 4 is 14.3 Å². The maximum atomic E-state index is 11.0. The summed E-state index contributed by atoms with van der Waals surface area (Å²) in [4.78, 5) is 20.7. The van der Waals surface area contributed by atoms with Crippen molar-refractivity contribution in [3.8, 4) is 0 Å². The van der Waals surface area contributed by atoms with Gasteiger partial charge in [0, 0.05) is 17.7 Å². The highest BCUT2D eigenvalue weighted by atomic mass is 31.1. The van der Waals surface area contributed by atoms with Crippen molar-refractivity contribution in [1.82, 2.24) is 4.90 Å². The van der Waals surface area contributed by atoms with Gasteiger partial charge in [-0.15, -0.1) is 4.89 Å². The highest BCUT2D eigenvalue weighted by Crippen LogP contribution is 2.18. The van der Waals surface area contributed by atoms with E-state index < -0.39 is 14.3 Å². The molecule has 1 N–H and O–H groups in total. The minimum Gasteiger partial charge on any atom is -0.304 e. The molecule has 0 spiro atoms. The SMILES string of the molecule is O=C(O[P+](=O)O)N1CCCCC1. The van der Waals surface area contributed by atoms with Gasteiger partial charge >= 0.3 is 14.3 Å². The summed E-state index contributed by atoms with van der Waals surface area (Å²) in [6, 6.07) is 0. The molecule has 6 heteroatoms. The topological polar surface area (TPSA) is 66.8 Å². The summed E-state index contributed by atoms with van der Waals surface area (Å²) < 4.78 is 14.3. The lowest BCUT2D eigenvalue weighted by Gasteiger charge is -2.22. The molecule has 0 aromatic rings. The molecule has 1 fully saturated rings. The van der Waals surface area contributed by atoms with Crippen molar-refractivity contribution < 1.29 is 18.8 Å². The fourth-order valence-electron chi connectivity index (χ4n) is 1.20. The normalized spacial score (nSPS) is 18.8. The molecule has 0 radical (unpaired) electrons. The van der Waals surface area contributed by atoms with Crippen LogP contribution in [0, 0.1) is 0 Å². The van der Waals surface area contributed by atoms with Gasteiger partial charge in [0.25, 0.3) is 0 Å². The molecule has 0 aromatic carbocycles. The Morgan fingerprint density at radius 1 is 1.33 bits per heavy atom. The molecule has 1 rings (SSSR count). The van der Waals surface area contributed by atoms with Crippen LogP contribution in [0.5, 0.6) is 0 Å². The number of carbonyl (C=O) groups is 1. The van der Waals surface area contributed by atoms with Gasteiger partial charge in [0.1, 0.15) is 0 Å². The molecule has 1 heterocycles. The van der Waals surface area contributed by atoms with Crippen molar-refractivity contribution in [2.75, 3.05) is 13.1 Å². The van der Waals surface area contributed by atoms with Gasteiger partial charge < -0.3 is 4.90 Å². The molecule has 1 aliphatic heterocycles. The van der Waals surface area contributed by atoms with E-state index in [1.54, 1.807) is 0 Å². The smallest absolute Gasteiger partial charge is 0.304 e. The molecule has 5 nitrogen and oxygen atoms in total. The third-order valence-electron chi connectivity index (χ3n) is 1.77. The Labute approximate surface area is 71.3 Å². The van der Waals surface area contributed by atoms with Crippen molar-refractivity contribution in [1.29, 1.82) is 0 Å². The molecule has 1 saturated heterocycles. The van der Waals surface area contributed by atoms with Crippen LogP contribution in [0.25, 0.3) is 0 Å². The number of rotatable bonds is 1. The van der Waals surface area contributed by atoms with Crippen molar-refractivity contribution in [3.63, 3.8) is 0 Å². The molecule has 12 heavy (non-hydrogen) atoms. The molecule has 0 aliphatic carbocycles. The summed E-state index contributed by atoms with van der Waals surface area (Å²) in [5.74, 6) is 0. The zero-order chi connectivity index (χ0) is 8.97. The molecule has 1 amide bonds. The number of likely N-dealkylation sites (tertiary alicyclic amines) is 1. The first-order chi connectivity index (χ1) is 5.70. The van der Waals surface area contributed by atoms with E-state index in [1.807, 2.05) is 0 Å². The third-order valence-corrected chi connectivity index (χ3v) is 2.08. The van der Waals surface area contributed by atoms with Crippen LogP contribution in [-0.4, -0.2) is 29.0 Å². The van der Waals surface area contributed by atoms with Crippen LogP contribution in [0.2, 0.25) is 0 Å². The second-order valence-electron chi connectivity index (χ2n) is 2.64. The lowest BCUT2D eigenvalue weighted by atomic mass is 10.1. The lowest BCUT2D eigenvalue weighted by molar-refractivity contribution is 0.141. The average molecular weight is 192 g/mol. The largest absolute Gasteiger partial charge is 0.752 e. The summed E-state index contributed by atoms with van der Waals surface area (Å²) in [5, 5.41) is 0. The van der Waals surface area contributed by atoms with E-state index in [-0.39, 0.29) is 0 Å². The third kappa shape index (κ3) is 2.75. The lowest BCUT2D eigenvalue weighted by Crippen LogP contribution is -2.34. The zero-order valence-corrected chi connectivity index (χ0v) is 7.50. The van der Waals surface area contributed by atoms with Gasteiger partial charge in [-0.2, -0.15) is 4.52 Å². The quantitative estimate of drug-likeness (QED) is 0.635. The fourth-order valence-corrected chi connectivity index (χ4v) is 1.45. The standard InChI is InChI=1S/C6H10NO4P/c8-6(11-12(9)10)7-4-2-1-3-5-7/h1-5H2/p+1. The number of hydrogen-bond acceptors (Lipinski definition) is 3. The fraction of sp³-hybridized carbons (Fsp3) is 0.833. The Morgan fingerprint density at radius 2 is 1.92 bits per heavy atom. The molecular weight excluding hydrogens is 181 g/mol. The van der Waals surface area contributed by atoms with Gasteiger partial charge in [0.15, 0.2) is 0 Å². The summed E-state index contributed by atoms with van der Waals surface area (Å²) >= 11 is 0. The Morgan fingerprint density at radius 3 is 2.42 bits per heavy atom. The van der Waals surface area contributed by atoms with Gasteiger partial charge in [-0.25, -0.2) is 4.79 Å². The van der Waals surface area contributed by atoms with Gasteiger partial charge in [-0.05, 0) is 19.3 Å². The predicted molar refractivity (Wildman–Crippen MR) is 41.7 cm³/mol. The molecule has 0 aromatic heterocycles. The number of piperidine rings is 1. The number of amides is 1. The predicted octanol–water partition coefficient (Wildman–Crippen LogP) is 1.26. The number of carbonyl (C=O) groups excluding carboxylic acids is 1. The monoisotopic (exact) mass is 192 g/mol. The van der Waals surface area contributed by atoms with Crippen LogP contribution < -0.4 is 0 Å². The molecule has 0 bridgehead atoms. The maximum absolute atomic E-state index is 11.0. The molecule has 68 valence electrons. The van der Waals surface area contributed by atoms with Crippen molar-refractivity contribution in [2.45, 2.75) is 19.3 Å². The van der Waals surface area contributed by atoms with Crippen LogP contribution in [-0.2, 0) is 9.09 Å². The van der Waals surface area contributed by atoms with Crippen molar-refractivity contribution in [3.05, 3.63) is 0 Å². The maximum Gasteiger partial charge on any atom is 0.752 e. The van der Waals surface area contributed by atoms with E-state index in [9.17, 15) is 9.36 Å². The number of nitrogens with zero attached hydrogens (tertiary/aromatic N) is 1. The van der Waals surface area contributed by atoms with E-state index in [2.05, 4.69) is 4.52 Å². The number of hydrogen-bond donors (Lipinski definition) is 1. The summed E-state index contributed by atoms with van der Waals surface area (Å²) in [7, 11) is -2.81. The first-order valence-electron chi connectivity index (χ1n) is 3.83. The molecule has 1 unspecified atom stereocenters.